The van der Waals surface area contributed by atoms with Gasteiger partial charge in [0.2, 0.25) is 0 Å². The van der Waals surface area contributed by atoms with Crippen LogP contribution in [0.25, 0.3) is 10.9 Å². The van der Waals surface area contributed by atoms with Gasteiger partial charge in [-0.2, -0.15) is 0 Å². The van der Waals surface area contributed by atoms with E-state index in [0.29, 0.717) is 7.18 Å². The van der Waals surface area contributed by atoms with Gasteiger partial charge >= 0.3 is 0 Å². The molecule has 0 aliphatic heterocycles. The summed E-state index contributed by atoms with van der Waals surface area (Å²) in [6, 6.07) is 6.74. The molecule has 13 heavy (non-hydrogen) atoms. The average molecular weight is 183 g/mol. The lowest BCUT2D eigenvalue weighted by atomic mass is 10.2. The maximum atomic E-state index is 12.6. The van der Waals surface area contributed by atoms with E-state index in [4.69, 9.17) is 0 Å². The Morgan fingerprint density at radius 2 is 1.85 bits per heavy atom. The number of nitrogens with one attached hydrogen (secondary N) is 1. The van der Waals surface area contributed by atoms with Crippen LogP contribution in [-0.4, -0.2) is 12.2 Å². The smallest absolute Gasteiger partial charge is 0.125 e. The zero-order valence-corrected chi connectivity index (χ0v) is 7.57. The molecule has 2 rings (SSSR count). The molecule has 3 heteroatoms. The zero-order valence-electron chi connectivity index (χ0n) is 7.57. The molecule has 0 radical (unpaired) electrons. The molecule has 0 saturated carbocycles. The van der Waals surface area contributed by atoms with E-state index in [1.165, 1.54) is 12.1 Å². The van der Waals surface area contributed by atoms with Crippen LogP contribution in [0.1, 0.15) is 5.69 Å². The van der Waals surface area contributed by atoms with Gasteiger partial charge in [-0.3, -0.25) is 4.39 Å². The fourth-order valence-electron chi connectivity index (χ4n) is 1.24. The Hall–Kier alpha value is -1.38. The summed E-state index contributed by atoms with van der Waals surface area (Å²) in [6.45, 7) is 1.96. The summed E-state index contributed by atoms with van der Waals surface area (Å²) in [5.74, 6) is -0.195. The quantitative estimate of drug-likeness (QED) is 0.645. The number of aromatic amines is 1. The maximum Gasteiger partial charge on any atom is 0.125 e. The molecule has 2 aromatic rings. The first-order valence-electron chi connectivity index (χ1n) is 3.88. The van der Waals surface area contributed by atoms with Crippen molar-refractivity contribution >= 4 is 10.9 Å². The molecule has 0 bridgehead atoms. The van der Waals surface area contributed by atoms with Crippen molar-refractivity contribution in [2.24, 2.45) is 0 Å². The standard InChI is InChI=1S/C9H8FN.CH3F/c1-6-4-7-2-3-8(10)5-9(7)11-6;1-2/h2-5,11H,1H3;1H3. The summed E-state index contributed by atoms with van der Waals surface area (Å²) in [7, 11) is 0.500. The van der Waals surface area contributed by atoms with Crippen LogP contribution in [-0.2, 0) is 0 Å². The maximum absolute atomic E-state index is 12.6. The number of rotatable bonds is 0. The Labute approximate surface area is 75.4 Å². The van der Waals surface area contributed by atoms with Crippen molar-refractivity contribution in [3.05, 3.63) is 35.8 Å². The molecule has 0 fully saturated rings. The number of hydrogen-bond acceptors (Lipinski definition) is 0. The van der Waals surface area contributed by atoms with Gasteiger partial charge in [0, 0.05) is 11.2 Å². The highest BCUT2D eigenvalue weighted by Gasteiger charge is 1.97. The van der Waals surface area contributed by atoms with Gasteiger partial charge in [-0.1, -0.05) is 0 Å². The normalized spacial score (nSPS) is 9.54. The molecule has 0 unspecified atom stereocenters. The third-order valence-electron chi connectivity index (χ3n) is 1.72. The first kappa shape index (κ1) is 9.71. The molecule has 0 atom stereocenters. The Bertz CT molecular complexity index is 393. The summed E-state index contributed by atoms with van der Waals surface area (Å²) in [6.07, 6.45) is 0. The van der Waals surface area contributed by atoms with E-state index in [2.05, 4.69) is 4.98 Å². The van der Waals surface area contributed by atoms with Crippen molar-refractivity contribution < 1.29 is 8.78 Å². The number of alkyl halides is 1. The van der Waals surface area contributed by atoms with Crippen LogP contribution in [0.4, 0.5) is 8.78 Å². The summed E-state index contributed by atoms with van der Waals surface area (Å²) in [5.41, 5.74) is 1.92. The first-order chi connectivity index (χ1) is 6.25. The highest BCUT2D eigenvalue weighted by Crippen LogP contribution is 2.15. The molecule has 1 N–H and O–H groups in total. The highest BCUT2D eigenvalue weighted by atomic mass is 19.1. The van der Waals surface area contributed by atoms with Gasteiger partial charge in [-0.05, 0) is 36.6 Å². The van der Waals surface area contributed by atoms with Crippen LogP contribution in [0.15, 0.2) is 24.3 Å². The zero-order chi connectivity index (χ0) is 9.84. The van der Waals surface area contributed by atoms with Crippen LogP contribution in [0.5, 0.6) is 0 Å². The van der Waals surface area contributed by atoms with E-state index in [1.807, 2.05) is 13.0 Å². The molecule has 0 aliphatic rings. The minimum absolute atomic E-state index is 0.195. The first-order valence-corrected chi connectivity index (χ1v) is 3.88. The van der Waals surface area contributed by atoms with E-state index >= 15 is 0 Å². The van der Waals surface area contributed by atoms with Crippen molar-refractivity contribution in [3.8, 4) is 0 Å². The minimum atomic E-state index is -0.195. The van der Waals surface area contributed by atoms with Crippen molar-refractivity contribution in [2.45, 2.75) is 6.92 Å². The van der Waals surface area contributed by atoms with E-state index in [9.17, 15) is 8.78 Å². The second-order valence-corrected chi connectivity index (χ2v) is 2.68. The summed E-state index contributed by atoms with van der Waals surface area (Å²) in [4.78, 5) is 3.06. The Kier molecular flexibility index (Phi) is 3.01. The monoisotopic (exact) mass is 183 g/mol. The van der Waals surface area contributed by atoms with E-state index in [0.717, 1.165) is 16.6 Å². The predicted octanol–water partition coefficient (Wildman–Crippen LogP) is 3.20. The van der Waals surface area contributed by atoms with E-state index < -0.39 is 0 Å². The van der Waals surface area contributed by atoms with Gasteiger partial charge in [0.1, 0.15) is 5.82 Å². The van der Waals surface area contributed by atoms with E-state index in [-0.39, 0.29) is 5.82 Å². The lowest BCUT2D eigenvalue weighted by Gasteiger charge is -1.87. The molecule has 1 aromatic carbocycles. The fourth-order valence-corrected chi connectivity index (χ4v) is 1.24. The topological polar surface area (TPSA) is 15.8 Å². The Balaban J connectivity index is 0.000000396. The number of aryl methyl sites for hydroxylation is 1. The SMILES string of the molecule is CF.Cc1cc2ccc(F)cc2[nH]1. The van der Waals surface area contributed by atoms with Crippen LogP contribution in [0, 0.1) is 12.7 Å². The fraction of sp³-hybridized carbons (Fsp3) is 0.200. The van der Waals surface area contributed by atoms with Gasteiger partial charge in [0.15, 0.2) is 0 Å². The van der Waals surface area contributed by atoms with Crippen LogP contribution in [0.3, 0.4) is 0 Å². The van der Waals surface area contributed by atoms with Gasteiger partial charge in [-0.25, -0.2) is 4.39 Å². The number of aromatic nitrogens is 1. The second kappa shape index (κ2) is 4.03. The van der Waals surface area contributed by atoms with Crippen molar-refractivity contribution in [3.63, 3.8) is 0 Å². The summed E-state index contributed by atoms with van der Waals surface area (Å²) >= 11 is 0. The molecule has 0 spiro atoms. The molecular weight excluding hydrogens is 172 g/mol. The van der Waals surface area contributed by atoms with Gasteiger partial charge < -0.3 is 4.98 Å². The van der Waals surface area contributed by atoms with Crippen molar-refractivity contribution in [2.75, 3.05) is 7.18 Å². The molecule has 1 aromatic heterocycles. The second-order valence-electron chi connectivity index (χ2n) is 2.68. The minimum Gasteiger partial charge on any atom is -0.359 e. The third-order valence-corrected chi connectivity index (χ3v) is 1.72. The molecule has 0 amide bonds. The van der Waals surface area contributed by atoms with Crippen molar-refractivity contribution in [1.82, 2.24) is 4.98 Å². The summed E-state index contributed by atoms with van der Waals surface area (Å²) < 4.78 is 22.1. The molecule has 1 heterocycles. The summed E-state index contributed by atoms with van der Waals surface area (Å²) in [5, 5.41) is 1.06. The molecular formula is C10H11F2N. The van der Waals surface area contributed by atoms with Crippen molar-refractivity contribution in [1.29, 1.82) is 0 Å². The van der Waals surface area contributed by atoms with Gasteiger partial charge in [-0.15, -0.1) is 0 Å². The number of halogens is 2. The van der Waals surface area contributed by atoms with Gasteiger partial charge in [0.25, 0.3) is 0 Å². The molecule has 70 valence electrons. The number of hydrogen-bond donors (Lipinski definition) is 1. The highest BCUT2D eigenvalue weighted by molar-refractivity contribution is 5.80. The number of benzene rings is 1. The lowest BCUT2D eigenvalue weighted by Crippen LogP contribution is -1.72. The third kappa shape index (κ3) is 2.05. The average Bonchev–Trinajstić information content (AvgIpc) is 2.48. The molecule has 0 saturated heterocycles. The lowest BCUT2D eigenvalue weighted by molar-refractivity contribution is 0.629. The Morgan fingerprint density at radius 1 is 1.15 bits per heavy atom. The van der Waals surface area contributed by atoms with Crippen LogP contribution < -0.4 is 0 Å². The van der Waals surface area contributed by atoms with Crippen LogP contribution >= 0.6 is 0 Å². The molecule has 0 aliphatic carbocycles. The van der Waals surface area contributed by atoms with Crippen LogP contribution in [0.2, 0.25) is 0 Å². The Morgan fingerprint density at radius 3 is 2.54 bits per heavy atom. The molecule has 1 nitrogen and oxygen atoms in total. The number of fused-ring (bicyclic) bond motifs is 1. The van der Waals surface area contributed by atoms with Gasteiger partial charge in [0.05, 0.1) is 7.18 Å². The predicted molar refractivity (Wildman–Crippen MR) is 50.0 cm³/mol. The largest absolute Gasteiger partial charge is 0.359 e. The number of H-pyrrole nitrogens is 1. The van der Waals surface area contributed by atoms with E-state index in [1.54, 1.807) is 6.07 Å².